The molecule has 0 rings (SSSR count). The molecule has 0 spiro atoms. The molecule has 37 heavy (non-hydrogen) atoms. The first kappa shape index (κ1) is 36.4. The van der Waals surface area contributed by atoms with Gasteiger partial charge in [0.05, 0.1) is 6.61 Å². The van der Waals surface area contributed by atoms with E-state index in [-0.39, 0.29) is 5.97 Å². The third kappa shape index (κ3) is 33.4. The number of esters is 1. The number of carbonyl (C=O) groups is 1. The van der Waals surface area contributed by atoms with E-state index in [4.69, 9.17) is 9.84 Å². The van der Waals surface area contributed by atoms with Crippen LogP contribution >= 0.6 is 0 Å². The van der Waals surface area contributed by atoms with Crippen LogP contribution in [-0.2, 0) is 9.53 Å². The largest absolute Gasteiger partial charge is 0.466 e. The summed E-state index contributed by atoms with van der Waals surface area (Å²) in [6.45, 7) is 3.25. The summed E-state index contributed by atoms with van der Waals surface area (Å²) >= 11 is 0. The van der Waals surface area contributed by atoms with Crippen molar-refractivity contribution in [1.82, 2.24) is 0 Å². The molecule has 222 valence electrons. The molecule has 0 aliphatic carbocycles. The summed E-state index contributed by atoms with van der Waals surface area (Å²) in [5.41, 5.74) is 0. The van der Waals surface area contributed by atoms with Crippen molar-refractivity contribution in [2.75, 3.05) is 13.2 Å². The lowest BCUT2D eigenvalue weighted by molar-refractivity contribution is -0.143. The first-order chi connectivity index (χ1) is 18.3. The molecule has 0 saturated heterocycles. The van der Waals surface area contributed by atoms with E-state index in [9.17, 15) is 4.79 Å². The third-order valence-corrected chi connectivity index (χ3v) is 7.80. The lowest BCUT2D eigenvalue weighted by Gasteiger charge is -2.06. The van der Waals surface area contributed by atoms with E-state index in [1.807, 2.05) is 0 Å². The number of unbranched alkanes of at least 4 members (excludes halogenated alkanes) is 27. The number of aliphatic hydroxyl groups excluding tert-OH is 1. The van der Waals surface area contributed by atoms with Crippen LogP contribution in [0.15, 0.2) is 0 Å². The molecule has 3 nitrogen and oxygen atoms in total. The predicted octanol–water partition coefficient (Wildman–Crippen LogP) is 11.2. The predicted molar refractivity (Wildman–Crippen MR) is 162 cm³/mol. The fourth-order valence-electron chi connectivity index (χ4n) is 5.23. The molecule has 3 heteroatoms. The maximum absolute atomic E-state index is 11.8. The van der Waals surface area contributed by atoms with Crippen molar-refractivity contribution >= 4 is 5.97 Å². The van der Waals surface area contributed by atoms with Gasteiger partial charge in [0, 0.05) is 13.0 Å². The average Bonchev–Trinajstić information content (AvgIpc) is 2.90. The van der Waals surface area contributed by atoms with Crippen LogP contribution in [0.4, 0.5) is 0 Å². The molecule has 0 heterocycles. The second kappa shape index (κ2) is 33.5. The number of carbonyl (C=O) groups excluding carboxylic acids is 1. The lowest BCUT2D eigenvalue weighted by Crippen LogP contribution is -2.05. The minimum Gasteiger partial charge on any atom is -0.466 e. The van der Waals surface area contributed by atoms with Gasteiger partial charge in [-0.3, -0.25) is 4.79 Å². The topological polar surface area (TPSA) is 46.5 Å². The van der Waals surface area contributed by atoms with Crippen molar-refractivity contribution in [2.24, 2.45) is 0 Å². The summed E-state index contributed by atoms with van der Waals surface area (Å²) in [5.74, 6) is 0.0178. The summed E-state index contributed by atoms with van der Waals surface area (Å²) in [4.78, 5) is 11.8. The smallest absolute Gasteiger partial charge is 0.305 e. The van der Waals surface area contributed by atoms with Crippen LogP contribution in [0.3, 0.4) is 0 Å². The highest BCUT2D eigenvalue weighted by Crippen LogP contribution is 2.15. The average molecular weight is 525 g/mol. The van der Waals surface area contributed by atoms with Gasteiger partial charge in [-0.25, -0.2) is 0 Å². The summed E-state index contributed by atoms with van der Waals surface area (Å²) in [6.07, 6.45) is 38.9. The highest BCUT2D eigenvalue weighted by Gasteiger charge is 2.02. The summed E-state index contributed by atoms with van der Waals surface area (Å²) in [5, 5.41) is 8.77. The van der Waals surface area contributed by atoms with Gasteiger partial charge in [0.1, 0.15) is 0 Å². The van der Waals surface area contributed by atoms with Gasteiger partial charge in [0.15, 0.2) is 0 Å². The van der Waals surface area contributed by atoms with Crippen molar-refractivity contribution in [3.63, 3.8) is 0 Å². The van der Waals surface area contributed by atoms with E-state index in [2.05, 4.69) is 6.92 Å². The lowest BCUT2D eigenvalue weighted by atomic mass is 10.0. The molecular formula is C34H68O3. The molecule has 0 saturated carbocycles. The quantitative estimate of drug-likeness (QED) is 0.0703. The molecule has 0 aromatic heterocycles. The minimum absolute atomic E-state index is 0.0178. The van der Waals surface area contributed by atoms with Gasteiger partial charge >= 0.3 is 5.97 Å². The molecule has 0 bridgehead atoms. The SMILES string of the molecule is CCCCCCCCCCCC(=O)OCCCCCCCCCCCCCCCCCCCCCCO. The van der Waals surface area contributed by atoms with Crippen LogP contribution in [-0.4, -0.2) is 24.3 Å². The molecule has 0 aromatic carbocycles. The maximum atomic E-state index is 11.8. The van der Waals surface area contributed by atoms with Crippen molar-refractivity contribution in [3.05, 3.63) is 0 Å². The zero-order chi connectivity index (χ0) is 26.9. The Labute approximate surface area is 233 Å². The number of ether oxygens (including phenoxy) is 1. The number of hydrogen-bond acceptors (Lipinski definition) is 3. The summed E-state index contributed by atoms with van der Waals surface area (Å²) < 4.78 is 5.41. The minimum atomic E-state index is 0.0178. The Morgan fingerprint density at radius 2 is 0.730 bits per heavy atom. The first-order valence-electron chi connectivity index (χ1n) is 17.1. The standard InChI is InChI=1S/C34H68O3/c1-2-3-4-5-6-19-22-25-28-31-34(36)37-33-30-27-24-21-18-16-14-12-10-8-7-9-11-13-15-17-20-23-26-29-32-35/h35H,2-33H2,1H3. The molecule has 0 unspecified atom stereocenters. The normalized spacial score (nSPS) is 11.3. The van der Waals surface area contributed by atoms with Gasteiger partial charge in [-0.2, -0.15) is 0 Å². The molecule has 0 aliphatic heterocycles. The molecule has 0 amide bonds. The molecule has 0 aromatic rings. The van der Waals surface area contributed by atoms with Crippen molar-refractivity contribution in [2.45, 2.75) is 200 Å². The highest BCUT2D eigenvalue weighted by atomic mass is 16.5. The van der Waals surface area contributed by atoms with Crippen LogP contribution in [0.25, 0.3) is 0 Å². The highest BCUT2D eigenvalue weighted by molar-refractivity contribution is 5.69. The van der Waals surface area contributed by atoms with Gasteiger partial charge in [0.2, 0.25) is 0 Å². The van der Waals surface area contributed by atoms with Crippen molar-refractivity contribution in [3.8, 4) is 0 Å². The maximum Gasteiger partial charge on any atom is 0.305 e. The Morgan fingerprint density at radius 1 is 0.432 bits per heavy atom. The summed E-state index contributed by atoms with van der Waals surface area (Å²) in [7, 11) is 0. The van der Waals surface area contributed by atoms with Crippen LogP contribution in [0, 0.1) is 0 Å². The Bertz CT molecular complexity index is 423. The Morgan fingerprint density at radius 3 is 1.08 bits per heavy atom. The zero-order valence-corrected chi connectivity index (χ0v) is 25.4. The first-order valence-corrected chi connectivity index (χ1v) is 17.1. The van der Waals surface area contributed by atoms with Gasteiger partial charge in [0.25, 0.3) is 0 Å². The van der Waals surface area contributed by atoms with Gasteiger partial charge in [-0.15, -0.1) is 0 Å². The number of aliphatic hydroxyl groups is 1. The molecule has 0 fully saturated rings. The monoisotopic (exact) mass is 525 g/mol. The molecule has 0 atom stereocenters. The van der Waals surface area contributed by atoms with E-state index in [0.29, 0.717) is 19.6 Å². The second-order valence-corrected chi connectivity index (χ2v) is 11.6. The van der Waals surface area contributed by atoms with E-state index in [1.165, 1.54) is 167 Å². The van der Waals surface area contributed by atoms with Gasteiger partial charge in [-0.05, 0) is 19.3 Å². The van der Waals surface area contributed by atoms with E-state index >= 15 is 0 Å². The van der Waals surface area contributed by atoms with E-state index < -0.39 is 0 Å². The fraction of sp³-hybridized carbons (Fsp3) is 0.971. The third-order valence-electron chi connectivity index (χ3n) is 7.80. The molecule has 0 radical (unpaired) electrons. The Balaban J connectivity index is 3.11. The summed E-state index contributed by atoms with van der Waals surface area (Å²) in [6, 6.07) is 0. The molecule has 0 aliphatic rings. The van der Waals surface area contributed by atoms with Crippen molar-refractivity contribution < 1.29 is 14.6 Å². The van der Waals surface area contributed by atoms with Gasteiger partial charge in [-0.1, -0.05) is 174 Å². The van der Waals surface area contributed by atoms with Crippen LogP contribution in [0.5, 0.6) is 0 Å². The van der Waals surface area contributed by atoms with E-state index in [1.54, 1.807) is 0 Å². The molecular weight excluding hydrogens is 456 g/mol. The van der Waals surface area contributed by atoms with Crippen LogP contribution in [0.1, 0.15) is 200 Å². The zero-order valence-electron chi connectivity index (χ0n) is 25.4. The van der Waals surface area contributed by atoms with Crippen molar-refractivity contribution in [1.29, 1.82) is 0 Å². The van der Waals surface area contributed by atoms with E-state index in [0.717, 1.165) is 19.3 Å². The second-order valence-electron chi connectivity index (χ2n) is 11.6. The van der Waals surface area contributed by atoms with Gasteiger partial charge < -0.3 is 9.84 Å². The Kier molecular flexibility index (Phi) is 32.9. The number of rotatable bonds is 32. The number of hydrogen-bond donors (Lipinski definition) is 1. The Hall–Kier alpha value is -0.570. The van der Waals surface area contributed by atoms with Crippen LogP contribution < -0.4 is 0 Å². The van der Waals surface area contributed by atoms with Crippen LogP contribution in [0.2, 0.25) is 0 Å². The fourth-order valence-corrected chi connectivity index (χ4v) is 5.23. The molecule has 1 N–H and O–H groups in total.